The van der Waals surface area contributed by atoms with Gasteiger partial charge in [0.1, 0.15) is 0 Å². The first kappa shape index (κ1) is 11.6. The Bertz CT molecular complexity index is 517. The predicted octanol–water partition coefficient (Wildman–Crippen LogP) is 2.20. The van der Waals surface area contributed by atoms with Gasteiger partial charge in [-0.25, -0.2) is 4.68 Å². The van der Waals surface area contributed by atoms with E-state index in [1.54, 1.807) is 0 Å². The highest BCUT2D eigenvalue weighted by molar-refractivity contribution is 5.63. The van der Waals surface area contributed by atoms with E-state index in [2.05, 4.69) is 29.4 Å². The maximum atomic E-state index is 5.75. The van der Waals surface area contributed by atoms with Gasteiger partial charge in [-0.15, -0.1) is 5.10 Å². The van der Waals surface area contributed by atoms with Crippen LogP contribution in [0.3, 0.4) is 0 Å². The van der Waals surface area contributed by atoms with Gasteiger partial charge >= 0.3 is 0 Å². The van der Waals surface area contributed by atoms with Gasteiger partial charge in [0.2, 0.25) is 0 Å². The molecule has 1 aromatic carbocycles. The standard InChI is InChI=1S/C12H17N5/c1-4-9(3)17-12(14-15-16-17)11-6-5-10(13)7-8(11)2/h5-7,9H,4,13H2,1-3H3. The van der Waals surface area contributed by atoms with Gasteiger partial charge < -0.3 is 5.73 Å². The first-order chi connectivity index (χ1) is 8.13. The summed E-state index contributed by atoms with van der Waals surface area (Å²) in [6.07, 6.45) is 0.992. The van der Waals surface area contributed by atoms with Crippen molar-refractivity contribution in [2.24, 2.45) is 0 Å². The Labute approximate surface area is 101 Å². The summed E-state index contributed by atoms with van der Waals surface area (Å²) in [7, 11) is 0. The molecule has 0 aliphatic carbocycles. The fourth-order valence-electron chi connectivity index (χ4n) is 1.78. The molecular formula is C12H17N5. The van der Waals surface area contributed by atoms with Crippen LogP contribution < -0.4 is 5.73 Å². The van der Waals surface area contributed by atoms with Gasteiger partial charge in [0.05, 0.1) is 6.04 Å². The van der Waals surface area contributed by atoms with Crippen LogP contribution in [0.25, 0.3) is 11.4 Å². The van der Waals surface area contributed by atoms with E-state index in [1.165, 1.54) is 0 Å². The van der Waals surface area contributed by atoms with Crippen molar-refractivity contribution in [3.63, 3.8) is 0 Å². The topological polar surface area (TPSA) is 69.6 Å². The minimum Gasteiger partial charge on any atom is -0.399 e. The molecule has 90 valence electrons. The molecule has 2 aromatic rings. The SMILES string of the molecule is CCC(C)n1nnnc1-c1ccc(N)cc1C. The molecule has 0 bridgehead atoms. The maximum absolute atomic E-state index is 5.75. The number of anilines is 1. The Morgan fingerprint density at radius 3 is 2.82 bits per heavy atom. The van der Waals surface area contributed by atoms with Gasteiger partial charge in [-0.2, -0.15) is 0 Å². The summed E-state index contributed by atoms with van der Waals surface area (Å²) in [4.78, 5) is 0. The Kier molecular flexibility index (Phi) is 3.08. The number of nitrogen functional groups attached to an aromatic ring is 1. The molecular weight excluding hydrogens is 214 g/mol. The molecule has 1 atom stereocenters. The number of benzene rings is 1. The Morgan fingerprint density at radius 1 is 1.41 bits per heavy atom. The number of aryl methyl sites for hydroxylation is 1. The summed E-state index contributed by atoms with van der Waals surface area (Å²) in [6.45, 7) is 6.24. The van der Waals surface area contributed by atoms with Crippen molar-refractivity contribution in [2.75, 3.05) is 5.73 Å². The summed E-state index contributed by atoms with van der Waals surface area (Å²) in [5.41, 5.74) is 8.62. The molecule has 17 heavy (non-hydrogen) atoms. The first-order valence-electron chi connectivity index (χ1n) is 5.77. The molecule has 0 aliphatic rings. The summed E-state index contributed by atoms with van der Waals surface area (Å²) in [5.74, 6) is 0.803. The van der Waals surface area contributed by atoms with Crippen LogP contribution in [0.4, 0.5) is 5.69 Å². The molecule has 0 saturated heterocycles. The molecule has 0 amide bonds. The van der Waals surface area contributed by atoms with E-state index in [0.717, 1.165) is 29.1 Å². The molecule has 1 heterocycles. The highest BCUT2D eigenvalue weighted by Crippen LogP contribution is 2.25. The van der Waals surface area contributed by atoms with Crippen LogP contribution in [0, 0.1) is 6.92 Å². The molecule has 0 aliphatic heterocycles. The average Bonchev–Trinajstić information content (AvgIpc) is 2.77. The van der Waals surface area contributed by atoms with Gasteiger partial charge in [0.25, 0.3) is 0 Å². The normalized spacial score (nSPS) is 12.6. The van der Waals surface area contributed by atoms with Gasteiger partial charge in [-0.1, -0.05) is 6.92 Å². The van der Waals surface area contributed by atoms with Crippen LogP contribution in [-0.2, 0) is 0 Å². The van der Waals surface area contributed by atoms with E-state index in [0.29, 0.717) is 0 Å². The van der Waals surface area contributed by atoms with Crippen LogP contribution in [0.5, 0.6) is 0 Å². The largest absolute Gasteiger partial charge is 0.399 e. The van der Waals surface area contributed by atoms with E-state index in [1.807, 2.05) is 29.8 Å². The zero-order valence-electron chi connectivity index (χ0n) is 10.4. The summed E-state index contributed by atoms with van der Waals surface area (Å²) >= 11 is 0. The number of hydrogen-bond acceptors (Lipinski definition) is 4. The second-order valence-corrected chi connectivity index (χ2v) is 4.28. The van der Waals surface area contributed by atoms with E-state index in [-0.39, 0.29) is 6.04 Å². The van der Waals surface area contributed by atoms with Crippen molar-refractivity contribution in [1.29, 1.82) is 0 Å². The number of aromatic nitrogens is 4. The lowest BCUT2D eigenvalue weighted by Gasteiger charge is -2.12. The third kappa shape index (κ3) is 2.13. The molecule has 2 rings (SSSR count). The minimum atomic E-state index is 0.289. The van der Waals surface area contributed by atoms with Crippen LogP contribution in [-0.4, -0.2) is 20.2 Å². The lowest BCUT2D eigenvalue weighted by molar-refractivity contribution is 0.469. The molecule has 1 aromatic heterocycles. The lowest BCUT2D eigenvalue weighted by atomic mass is 10.1. The van der Waals surface area contributed by atoms with Crippen LogP contribution >= 0.6 is 0 Å². The number of tetrazole rings is 1. The van der Waals surface area contributed by atoms with Crippen LogP contribution in [0.2, 0.25) is 0 Å². The molecule has 1 unspecified atom stereocenters. The molecule has 5 nitrogen and oxygen atoms in total. The maximum Gasteiger partial charge on any atom is 0.182 e. The average molecular weight is 231 g/mol. The second kappa shape index (κ2) is 4.53. The van der Waals surface area contributed by atoms with Gasteiger partial charge in [-0.05, 0) is 54.5 Å². The fraction of sp³-hybridized carbons (Fsp3) is 0.417. The third-order valence-electron chi connectivity index (χ3n) is 2.99. The molecule has 0 saturated carbocycles. The lowest BCUT2D eigenvalue weighted by Crippen LogP contribution is -2.08. The van der Waals surface area contributed by atoms with Gasteiger partial charge in [0, 0.05) is 11.3 Å². The Hall–Kier alpha value is -1.91. The van der Waals surface area contributed by atoms with Gasteiger partial charge in [-0.3, -0.25) is 0 Å². The van der Waals surface area contributed by atoms with Crippen LogP contribution in [0.1, 0.15) is 31.9 Å². The smallest absolute Gasteiger partial charge is 0.182 e. The van der Waals surface area contributed by atoms with E-state index in [9.17, 15) is 0 Å². The van der Waals surface area contributed by atoms with Crippen molar-refractivity contribution >= 4 is 5.69 Å². The number of nitrogens with two attached hydrogens (primary N) is 1. The Balaban J connectivity index is 2.50. The number of hydrogen-bond donors (Lipinski definition) is 1. The van der Waals surface area contributed by atoms with Crippen molar-refractivity contribution in [3.8, 4) is 11.4 Å². The molecule has 0 radical (unpaired) electrons. The summed E-state index contributed by atoms with van der Waals surface area (Å²) in [6, 6.07) is 6.06. The van der Waals surface area contributed by atoms with E-state index >= 15 is 0 Å². The zero-order valence-corrected chi connectivity index (χ0v) is 10.4. The van der Waals surface area contributed by atoms with Crippen molar-refractivity contribution in [2.45, 2.75) is 33.2 Å². The minimum absolute atomic E-state index is 0.289. The quantitative estimate of drug-likeness (QED) is 0.822. The first-order valence-corrected chi connectivity index (χ1v) is 5.77. The van der Waals surface area contributed by atoms with E-state index < -0.39 is 0 Å². The summed E-state index contributed by atoms with van der Waals surface area (Å²) < 4.78 is 1.86. The highest BCUT2D eigenvalue weighted by Gasteiger charge is 2.14. The van der Waals surface area contributed by atoms with Crippen LogP contribution in [0.15, 0.2) is 18.2 Å². The molecule has 2 N–H and O–H groups in total. The third-order valence-corrected chi connectivity index (χ3v) is 2.99. The number of nitrogens with zero attached hydrogens (tertiary/aromatic N) is 4. The molecule has 0 spiro atoms. The summed E-state index contributed by atoms with van der Waals surface area (Å²) in [5, 5.41) is 11.9. The van der Waals surface area contributed by atoms with Gasteiger partial charge in [0.15, 0.2) is 5.82 Å². The Morgan fingerprint density at radius 2 is 2.18 bits per heavy atom. The van der Waals surface area contributed by atoms with E-state index in [4.69, 9.17) is 5.73 Å². The molecule has 0 fully saturated rings. The second-order valence-electron chi connectivity index (χ2n) is 4.28. The van der Waals surface area contributed by atoms with Crippen molar-refractivity contribution in [3.05, 3.63) is 23.8 Å². The monoisotopic (exact) mass is 231 g/mol. The van der Waals surface area contributed by atoms with Crippen molar-refractivity contribution < 1.29 is 0 Å². The zero-order chi connectivity index (χ0) is 12.4. The fourth-order valence-corrected chi connectivity index (χ4v) is 1.78. The molecule has 5 heteroatoms. The number of rotatable bonds is 3. The highest BCUT2D eigenvalue weighted by atomic mass is 15.5. The van der Waals surface area contributed by atoms with Crippen molar-refractivity contribution in [1.82, 2.24) is 20.2 Å². The predicted molar refractivity (Wildman–Crippen MR) is 67.4 cm³/mol.